The molecule has 67 valence electrons. The first-order valence-corrected chi connectivity index (χ1v) is 5.14. The fourth-order valence-corrected chi connectivity index (χ4v) is 1.04. The summed E-state index contributed by atoms with van der Waals surface area (Å²) in [6.07, 6.45) is -3.56. The molecule has 0 saturated heterocycles. The van der Waals surface area contributed by atoms with Gasteiger partial charge in [-0.25, -0.2) is 0 Å². The minimum Gasteiger partial charge on any atom is 0 e. The number of hydrogen-bond acceptors (Lipinski definition) is 6. The monoisotopic (exact) mass is 375 g/mol. The number of rotatable bonds is 3. The van der Waals surface area contributed by atoms with E-state index >= 15 is 0 Å². The summed E-state index contributed by atoms with van der Waals surface area (Å²) in [5.41, 5.74) is 0. The van der Waals surface area contributed by atoms with Gasteiger partial charge in [0.15, 0.2) is 0 Å². The summed E-state index contributed by atoms with van der Waals surface area (Å²) in [6.45, 7) is 1.26. The Bertz CT molecular complexity index is 190. The largest absolute Gasteiger partial charge is 0 e. The van der Waals surface area contributed by atoms with Crippen LogP contribution in [0.25, 0.3) is 0 Å². The Hall–Kier alpha value is 0.713. The first-order chi connectivity index (χ1) is 4.27. The van der Waals surface area contributed by atoms with Crippen LogP contribution in [0.3, 0.4) is 0 Å². The molecule has 0 aliphatic heterocycles. The molecule has 0 aliphatic carbocycles. The van der Waals surface area contributed by atoms with E-state index < -0.39 is 20.4 Å². The van der Waals surface area contributed by atoms with Gasteiger partial charge in [-0.1, -0.05) is 0 Å². The summed E-state index contributed by atoms with van der Waals surface area (Å²) in [5, 5.41) is 23.7. The molecule has 0 radical (unpaired) electrons. The molecule has 0 atom stereocenters. The van der Waals surface area contributed by atoms with Gasteiger partial charge in [-0.05, 0) is 0 Å². The van der Waals surface area contributed by atoms with E-state index in [1.165, 1.54) is 6.92 Å². The Morgan fingerprint density at radius 2 is 1.73 bits per heavy atom. The molecule has 0 aromatic heterocycles. The minimum absolute atomic E-state index is 0. The topological polar surface area (TPSA) is 104 Å². The van der Waals surface area contributed by atoms with Crippen LogP contribution < -0.4 is 0 Å². The summed E-state index contributed by atoms with van der Waals surface area (Å²) < 4.78 is 24.3. The van der Waals surface area contributed by atoms with Crippen LogP contribution in [0.1, 0.15) is 6.92 Å². The maximum absolute atomic E-state index is 10.4. The number of aliphatic hydroxyl groups is 3. The van der Waals surface area contributed by atoms with Crippen molar-refractivity contribution in [2.45, 2.75) is 18.2 Å². The van der Waals surface area contributed by atoms with Gasteiger partial charge >= 0.3 is 58.8 Å². The van der Waals surface area contributed by atoms with Crippen molar-refractivity contribution in [3.05, 3.63) is 0 Å². The van der Waals surface area contributed by atoms with E-state index in [1.54, 1.807) is 0 Å². The zero-order chi connectivity index (χ0) is 8.41. The second kappa shape index (κ2) is 4.67. The smallest absolute Gasteiger partial charge is 0 e. The molecule has 0 aliphatic rings. The van der Waals surface area contributed by atoms with Gasteiger partial charge < -0.3 is 0 Å². The Morgan fingerprint density at radius 3 is 1.82 bits per heavy atom. The van der Waals surface area contributed by atoms with Crippen molar-refractivity contribution >= 4 is 0 Å². The molecule has 0 heterocycles. The normalized spacial score (nSPS) is 12.4. The molecule has 0 saturated carbocycles. The van der Waals surface area contributed by atoms with Crippen LogP contribution in [-0.2, 0) is 46.3 Å². The Morgan fingerprint density at radius 1 is 1.36 bits per heavy atom. The van der Waals surface area contributed by atoms with Crippen molar-refractivity contribution in [2.24, 2.45) is 0 Å². The molecule has 0 aromatic carbocycles. The third kappa shape index (κ3) is 8.62. The van der Waals surface area contributed by atoms with E-state index in [0.717, 1.165) is 0 Å². The van der Waals surface area contributed by atoms with Gasteiger partial charge in [0, 0.05) is 21.1 Å². The van der Waals surface area contributed by atoms with Crippen molar-refractivity contribution in [1.29, 1.82) is 0 Å². The average molecular weight is 375 g/mol. The van der Waals surface area contributed by atoms with Gasteiger partial charge in [0.25, 0.3) is 0 Å². The zero-order valence-corrected chi connectivity index (χ0v) is 9.96. The summed E-state index contributed by atoms with van der Waals surface area (Å²) in [5.74, 6) is 0. The maximum Gasteiger partial charge on any atom is 0 e. The molecule has 8 heteroatoms. The van der Waals surface area contributed by atoms with Gasteiger partial charge in [-0.3, -0.25) is 0 Å². The van der Waals surface area contributed by atoms with Crippen LogP contribution in [0.4, 0.5) is 0 Å². The third-order valence-corrected chi connectivity index (χ3v) is 2.68. The summed E-state index contributed by atoms with van der Waals surface area (Å²) in [7, 11) is 0. The third-order valence-electron chi connectivity index (χ3n) is 0.649. The summed E-state index contributed by atoms with van der Waals surface area (Å²) in [6, 6.07) is 0. The molecule has 0 aromatic rings. The van der Waals surface area contributed by atoms with Crippen molar-refractivity contribution in [2.75, 3.05) is 0 Å². The predicted molar refractivity (Wildman–Crippen MR) is 22.3 cm³/mol. The molecule has 0 unspecified atom stereocenters. The molecular formula is C3H8O6VW. The summed E-state index contributed by atoms with van der Waals surface area (Å²) >= 11 is -4.88. The molecule has 6 nitrogen and oxygen atoms in total. The van der Waals surface area contributed by atoms with Crippen molar-refractivity contribution in [3.63, 3.8) is 0 Å². The van der Waals surface area contributed by atoms with Crippen LogP contribution in [0, 0.1) is 0 Å². The van der Waals surface area contributed by atoms with E-state index in [0.29, 0.717) is 0 Å². The van der Waals surface area contributed by atoms with Gasteiger partial charge in [-0.15, -0.1) is 0 Å². The molecular weight excluding hydrogens is 367 g/mol. The Labute approximate surface area is 79.9 Å². The molecule has 11 heavy (non-hydrogen) atoms. The predicted octanol–water partition coefficient (Wildman–Crippen LogP) is -1.21. The first-order valence-electron chi connectivity index (χ1n) is 2.45. The van der Waals surface area contributed by atoms with E-state index in [2.05, 4.69) is 3.66 Å². The van der Waals surface area contributed by atoms with Crippen LogP contribution in [0.2, 0.25) is 5.13 Å². The molecule has 0 rings (SSSR count). The number of hydrogen-bond donors (Lipinski definition) is 3. The van der Waals surface area contributed by atoms with Crippen LogP contribution in [-0.4, -0.2) is 21.5 Å². The van der Waals surface area contributed by atoms with Crippen molar-refractivity contribution in [3.8, 4) is 0 Å². The molecule has 0 amide bonds. The fourth-order valence-electron chi connectivity index (χ4n) is 0.251. The van der Waals surface area contributed by atoms with Gasteiger partial charge in [0.1, 0.15) is 0 Å². The zero-order valence-electron chi connectivity index (χ0n) is 5.63. The second-order valence-corrected chi connectivity index (χ2v) is 4.77. The van der Waals surface area contributed by atoms with E-state index in [9.17, 15) is 7.35 Å². The molecule has 0 spiro atoms. The van der Waals surface area contributed by atoms with Gasteiger partial charge in [-0.2, -0.15) is 0 Å². The average Bonchev–Trinajstić information content (AvgIpc) is 1.60. The second-order valence-electron chi connectivity index (χ2n) is 1.59. The minimum atomic E-state index is -4.88. The van der Waals surface area contributed by atoms with Crippen molar-refractivity contribution < 1.29 is 61.7 Å². The van der Waals surface area contributed by atoms with E-state index in [1.807, 2.05) is 0 Å². The Balaban J connectivity index is 0. The van der Waals surface area contributed by atoms with Gasteiger partial charge in [0.05, 0.1) is 0 Å². The van der Waals surface area contributed by atoms with Gasteiger partial charge in [0.2, 0.25) is 0 Å². The SMILES string of the molecule is C[CH2][V](=[O])(=[O])[O]C(O)(O)O.[W]. The van der Waals surface area contributed by atoms with Crippen LogP contribution in [0.15, 0.2) is 0 Å². The standard InChI is InChI=1S/C2H5.CH3O4.2O.V.W/c1-2;2-1(3,4)5;;;;/h1H2,2H3;2-4H;;;;/q;-1;;;+1;. The van der Waals surface area contributed by atoms with E-state index in [-0.39, 0.29) is 26.2 Å². The molecule has 3 N–H and O–H groups in total. The van der Waals surface area contributed by atoms with Crippen molar-refractivity contribution in [1.82, 2.24) is 0 Å². The molecule has 0 bridgehead atoms. The summed E-state index contributed by atoms with van der Waals surface area (Å²) in [4.78, 5) is 0. The fraction of sp³-hybridized carbons (Fsp3) is 1.00. The first kappa shape index (κ1) is 14.2. The maximum atomic E-state index is 10.4. The van der Waals surface area contributed by atoms with E-state index in [4.69, 9.17) is 15.3 Å². The quantitative estimate of drug-likeness (QED) is 0.535. The Kier molecular flexibility index (Phi) is 6.05. The van der Waals surface area contributed by atoms with Crippen LogP contribution >= 0.6 is 0 Å². The molecule has 0 fully saturated rings. The van der Waals surface area contributed by atoms with Crippen LogP contribution in [0.5, 0.6) is 0 Å².